The summed E-state index contributed by atoms with van der Waals surface area (Å²) in [4.78, 5) is 50.6. The largest absolute Gasteiger partial charge is 0.451 e. The minimum Gasteiger partial charge on any atom is -0.451 e. The maximum absolute atomic E-state index is 13.1. The first-order valence-electron chi connectivity index (χ1n) is 14.2. The molecule has 0 radical (unpaired) electrons. The van der Waals surface area contributed by atoms with Gasteiger partial charge in [0, 0.05) is 53.5 Å². The molecule has 2 bridgehead atoms. The van der Waals surface area contributed by atoms with E-state index in [0.29, 0.717) is 47.7 Å². The van der Waals surface area contributed by atoms with Crippen LogP contribution in [0.25, 0.3) is 16.8 Å². The highest BCUT2D eigenvalue weighted by atomic mass is 16.6. The van der Waals surface area contributed by atoms with E-state index in [-0.39, 0.29) is 22.8 Å². The lowest BCUT2D eigenvalue weighted by Gasteiger charge is -2.30. The van der Waals surface area contributed by atoms with E-state index < -0.39 is 5.60 Å². The number of nitrogens with two attached hydrogens (primary N) is 1. The number of nitrogens with zero attached hydrogens (tertiary/aromatic N) is 4. The third-order valence-corrected chi connectivity index (χ3v) is 9.25. The molecule has 4 N–H and O–H groups in total. The second-order valence-electron chi connectivity index (χ2n) is 12.0. The van der Waals surface area contributed by atoms with Crippen molar-refractivity contribution in [2.75, 3.05) is 11.1 Å². The molecule has 3 aliphatic carbocycles. The van der Waals surface area contributed by atoms with Crippen LogP contribution in [0.2, 0.25) is 0 Å². The van der Waals surface area contributed by atoms with Gasteiger partial charge in [-0.15, -0.1) is 0 Å². The fourth-order valence-electron chi connectivity index (χ4n) is 6.85. The number of aromatic nitrogens is 4. The highest BCUT2D eigenvalue weighted by Crippen LogP contribution is 2.58. The number of fused-ring (bicyclic) bond motifs is 3. The summed E-state index contributed by atoms with van der Waals surface area (Å²) in [5, 5.41) is 6.10. The van der Waals surface area contributed by atoms with E-state index in [2.05, 4.69) is 20.6 Å². The van der Waals surface area contributed by atoms with Gasteiger partial charge in [-0.05, 0) is 68.9 Å². The Kier molecular flexibility index (Phi) is 5.83. The predicted molar refractivity (Wildman–Crippen MR) is 155 cm³/mol. The summed E-state index contributed by atoms with van der Waals surface area (Å²) in [5.74, 6) is 1.31. The fraction of sp³-hybridized carbons (Fsp3) is 0.355. The molecule has 3 aromatic heterocycles. The van der Waals surface area contributed by atoms with Gasteiger partial charge in [-0.25, -0.2) is 15.0 Å². The molecule has 214 valence electrons. The number of pyridine rings is 1. The minimum atomic E-state index is -1.00. The number of hydrogen-bond acceptors (Lipinski definition) is 8. The van der Waals surface area contributed by atoms with Crippen molar-refractivity contribution >= 4 is 35.4 Å². The van der Waals surface area contributed by atoms with E-state index in [4.69, 9.17) is 15.5 Å². The number of aryl methyl sites for hydroxylation is 1. The maximum Gasteiger partial charge on any atom is 0.294 e. The molecule has 3 fully saturated rings. The zero-order chi connectivity index (χ0) is 29.1. The normalized spacial score (nSPS) is 23.5. The monoisotopic (exact) mass is 565 g/mol. The number of nitrogens with one attached hydrogen (secondary N) is 2. The number of ether oxygens (including phenoxy) is 1. The molecule has 0 aliphatic heterocycles. The zero-order valence-electron chi connectivity index (χ0n) is 23.2. The number of hydrogen-bond donors (Lipinski definition) is 3. The van der Waals surface area contributed by atoms with E-state index in [1.807, 2.05) is 41.8 Å². The number of imidazole rings is 1. The van der Waals surface area contributed by atoms with Gasteiger partial charge in [-0.3, -0.25) is 18.8 Å². The van der Waals surface area contributed by atoms with Gasteiger partial charge in [0.25, 0.3) is 18.3 Å². The van der Waals surface area contributed by atoms with E-state index in [1.54, 1.807) is 24.5 Å². The smallest absolute Gasteiger partial charge is 0.294 e. The van der Waals surface area contributed by atoms with Gasteiger partial charge in [-0.1, -0.05) is 12.1 Å². The number of amides is 2. The van der Waals surface area contributed by atoms with Crippen LogP contribution in [0.1, 0.15) is 66.7 Å². The van der Waals surface area contributed by atoms with Crippen LogP contribution in [-0.2, 0) is 19.7 Å². The first-order valence-corrected chi connectivity index (χ1v) is 14.2. The number of anilines is 2. The Morgan fingerprint density at radius 3 is 2.48 bits per heavy atom. The third-order valence-electron chi connectivity index (χ3n) is 9.25. The van der Waals surface area contributed by atoms with E-state index in [0.717, 1.165) is 49.1 Å². The van der Waals surface area contributed by atoms with Gasteiger partial charge < -0.3 is 21.1 Å². The molecule has 0 spiro atoms. The van der Waals surface area contributed by atoms with Crippen molar-refractivity contribution in [1.29, 1.82) is 0 Å². The quantitative estimate of drug-likeness (QED) is 0.273. The molecule has 42 heavy (non-hydrogen) atoms. The summed E-state index contributed by atoms with van der Waals surface area (Å²) in [5.41, 5.74) is 8.54. The molecule has 0 atom stereocenters. The molecule has 1 aromatic carbocycles. The van der Waals surface area contributed by atoms with Crippen molar-refractivity contribution in [3.8, 4) is 11.3 Å². The van der Waals surface area contributed by atoms with Gasteiger partial charge in [0.2, 0.25) is 0 Å². The van der Waals surface area contributed by atoms with Crippen molar-refractivity contribution in [2.24, 2.45) is 0 Å². The summed E-state index contributed by atoms with van der Waals surface area (Å²) in [6.07, 6.45) is 10.4. The molecule has 2 amide bonds. The van der Waals surface area contributed by atoms with Crippen LogP contribution in [0.4, 0.5) is 11.6 Å². The first-order chi connectivity index (χ1) is 20.3. The van der Waals surface area contributed by atoms with Gasteiger partial charge in [0.05, 0.1) is 0 Å². The van der Waals surface area contributed by atoms with Gasteiger partial charge in [-0.2, -0.15) is 0 Å². The van der Waals surface area contributed by atoms with E-state index in [1.165, 1.54) is 0 Å². The number of carbonyl (C=O) groups is 3. The topological polar surface area (TPSA) is 154 Å². The molecular weight excluding hydrogens is 534 g/mol. The lowest BCUT2D eigenvalue weighted by Crippen LogP contribution is -2.50. The SMILES string of the molecule is Cc1ccnc(NC(=O)c2ccc(-c3nc(C45CCC(NC(=O)C6(OC=O)CC6)(CC4)C5)n4ccnc(N)c34)cc2)c1. The highest BCUT2D eigenvalue weighted by molar-refractivity contribution is 6.04. The van der Waals surface area contributed by atoms with Crippen LogP contribution < -0.4 is 16.4 Å². The molecule has 3 aliphatic rings. The fourth-order valence-corrected chi connectivity index (χ4v) is 6.85. The second kappa shape index (κ2) is 9.37. The first kappa shape index (κ1) is 26.1. The standard InChI is InChI=1S/C31H31N7O4/c1-19-6-13-33-22(16-19)35-26(40)21-4-2-20(3-5-21)23-24-25(32)34-14-15-38(24)27(36-23)29-7-9-30(17-29,10-8-29)37-28(41)31(11-12-31)42-18-39/h2-6,13-16,18H,7-12,17H2,1H3,(H2,32,34)(H,37,41)(H,33,35,40). The Balaban J connectivity index is 1.18. The molecule has 3 saturated carbocycles. The Bertz CT molecular complexity index is 1730. The van der Waals surface area contributed by atoms with Crippen LogP contribution in [0.3, 0.4) is 0 Å². The van der Waals surface area contributed by atoms with Crippen molar-refractivity contribution < 1.29 is 19.1 Å². The highest BCUT2D eigenvalue weighted by Gasteiger charge is 2.61. The molecule has 7 rings (SSSR count). The van der Waals surface area contributed by atoms with Crippen LogP contribution >= 0.6 is 0 Å². The van der Waals surface area contributed by atoms with Gasteiger partial charge >= 0.3 is 0 Å². The minimum absolute atomic E-state index is 0.197. The average molecular weight is 566 g/mol. The zero-order valence-corrected chi connectivity index (χ0v) is 23.2. The Labute approximate surface area is 241 Å². The third kappa shape index (κ3) is 4.18. The molecule has 11 heteroatoms. The lowest BCUT2D eigenvalue weighted by molar-refractivity contribution is -0.148. The van der Waals surface area contributed by atoms with Crippen LogP contribution in [0, 0.1) is 6.92 Å². The van der Waals surface area contributed by atoms with Crippen molar-refractivity contribution in [2.45, 2.75) is 68.4 Å². The molecule has 0 unspecified atom stereocenters. The Morgan fingerprint density at radius 1 is 1.02 bits per heavy atom. The summed E-state index contributed by atoms with van der Waals surface area (Å²) in [6, 6.07) is 10.9. The van der Waals surface area contributed by atoms with Gasteiger partial charge in [0.1, 0.15) is 28.7 Å². The molecule has 4 aromatic rings. The van der Waals surface area contributed by atoms with Crippen molar-refractivity contribution in [3.63, 3.8) is 0 Å². The molecule has 11 nitrogen and oxygen atoms in total. The molecule has 3 heterocycles. The maximum atomic E-state index is 13.1. The van der Waals surface area contributed by atoms with E-state index in [9.17, 15) is 14.4 Å². The summed E-state index contributed by atoms with van der Waals surface area (Å²) < 4.78 is 7.18. The second-order valence-corrected chi connectivity index (χ2v) is 12.0. The van der Waals surface area contributed by atoms with Crippen LogP contribution in [-0.4, -0.2) is 48.8 Å². The molecular formula is C31H31N7O4. The summed E-state index contributed by atoms with van der Waals surface area (Å²) in [7, 11) is 0. The Hall–Kier alpha value is -4.80. The van der Waals surface area contributed by atoms with Crippen LogP contribution in [0.5, 0.6) is 0 Å². The number of carbonyl (C=O) groups excluding carboxylic acids is 3. The number of benzene rings is 1. The summed E-state index contributed by atoms with van der Waals surface area (Å²) >= 11 is 0. The predicted octanol–water partition coefficient (Wildman–Crippen LogP) is 3.71. The summed E-state index contributed by atoms with van der Waals surface area (Å²) in [6.45, 7) is 2.31. The average Bonchev–Trinajstić information content (AvgIpc) is 3.34. The van der Waals surface area contributed by atoms with Crippen molar-refractivity contribution in [1.82, 2.24) is 24.7 Å². The van der Waals surface area contributed by atoms with E-state index >= 15 is 0 Å². The van der Waals surface area contributed by atoms with Crippen LogP contribution in [0.15, 0.2) is 55.0 Å². The van der Waals surface area contributed by atoms with Crippen molar-refractivity contribution in [3.05, 3.63) is 71.9 Å². The van der Waals surface area contributed by atoms with Gasteiger partial charge in [0.15, 0.2) is 5.60 Å². The molecule has 0 saturated heterocycles. The lowest BCUT2D eigenvalue weighted by atomic mass is 9.83. The number of nitrogen functional groups attached to an aromatic ring is 1. The Morgan fingerprint density at radius 2 is 1.79 bits per heavy atom. The number of rotatable bonds is 8.